The van der Waals surface area contributed by atoms with Gasteiger partial charge in [0.1, 0.15) is 5.82 Å². The average Bonchev–Trinajstić information content (AvgIpc) is 2.78. The molecule has 0 fully saturated rings. The number of allylic oxidation sites excluding steroid dienone is 1. The van der Waals surface area contributed by atoms with E-state index in [0.29, 0.717) is 5.82 Å². The Balaban J connectivity index is 2.54. The lowest BCUT2D eigenvalue weighted by atomic mass is 10.2. The maximum Gasteiger partial charge on any atom is 0.164 e. The summed E-state index contributed by atoms with van der Waals surface area (Å²) in [5, 5.41) is 6.11. The maximum atomic E-state index is 5.93. The molecule has 0 amide bonds. The number of nitrogens with one attached hydrogen (secondary N) is 1. The molecule has 2 rings (SSSR count). The van der Waals surface area contributed by atoms with Gasteiger partial charge in [0.2, 0.25) is 0 Å². The van der Waals surface area contributed by atoms with Gasteiger partial charge in [-0.05, 0) is 28.4 Å². The molecule has 18 heavy (non-hydrogen) atoms. The Hall–Kier alpha value is -1.60. The number of rotatable bonds is 3. The zero-order valence-electron chi connectivity index (χ0n) is 10.5. The second-order valence-corrected chi connectivity index (χ2v) is 4.79. The van der Waals surface area contributed by atoms with Crippen LogP contribution in [-0.4, -0.2) is 33.7 Å². The zero-order valence-corrected chi connectivity index (χ0v) is 12.1. The topological polar surface area (TPSA) is 71.5 Å². The Morgan fingerprint density at radius 3 is 2.94 bits per heavy atom. The number of aromatic nitrogens is 3. The largest absolute Gasteiger partial charge is 0.383 e. The minimum absolute atomic E-state index is 0.543. The summed E-state index contributed by atoms with van der Waals surface area (Å²) < 4.78 is 2.36. The zero-order chi connectivity index (χ0) is 13.3. The third kappa shape index (κ3) is 2.19. The molecule has 0 bridgehead atoms. The summed E-state index contributed by atoms with van der Waals surface area (Å²) >= 11 is 3.33. The summed E-state index contributed by atoms with van der Waals surface area (Å²) in [4.78, 5) is 4.35. The van der Waals surface area contributed by atoms with Gasteiger partial charge in [-0.25, -0.2) is 10.4 Å². The summed E-state index contributed by atoms with van der Waals surface area (Å²) in [6.07, 6.45) is 5.42. The van der Waals surface area contributed by atoms with Crippen LogP contribution >= 0.6 is 15.9 Å². The molecule has 7 heteroatoms. The molecule has 0 aliphatic rings. The predicted octanol–water partition coefficient (Wildman–Crippen LogP) is 1.50. The Bertz CT molecular complexity index is 603. The second kappa shape index (κ2) is 4.95. The minimum atomic E-state index is 0.543. The molecule has 0 aliphatic carbocycles. The normalized spacial score (nSPS) is 12.1. The van der Waals surface area contributed by atoms with Gasteiger partial charge in [0, 0.05) is 32.1 Å². The van der Waals surface area contributed by atoms with Crippen LogP contribution < -0.4 is 11.2 Å². The summed E-state index contributed by atoms with van der Waals surface area (Å²) in [6, 6.07) is 0. The highest BCUT2D eigenvalue weighted by molar-refractivity contribution is 9.10. The molecule has 0 aromatic carbocycles. The lowest BCUT2D eigenvalue weighted by Gasteiger charge is -2.12. The molecule has 6 nitrogen and oxygen atoms in total. The van der Waals surface area contributed by atoms with Gasteiger partial charge in [-0.3, -0.25) is 0 Å². The van der Waals surface area contributed by atoms with Gasteiger partial charge in [-0.15, -0.1) is 0 Å². The van der Waals surface area contributed by atoms with Crippen LogP contribution in [0.15, 0.2) is 23.1 Å². The Labute approximate surface area is 114 Å². The van der Waals surface area contributed by atoms with Crippen molar-refractivity contribution in [1.29, 1.82) is 0 Å². The molecular weight excluding hydrogens is 296 g/mol. The van der Waals surface area contributed by atoms with Gasteiger partial charge in [0.15, 0.2) is 5.65 Å². The average molecular weight is 311 g/mol. The monoisotopic (exact) mass is 310 g/mol. The fourth-order valence-electron chi connectivity index (χ4n) is 1.63. The van der Waals surface area contributed by atoms with E-state index in [9.17, 15) is 0 Å². The second-order valence-electron chi connectivity index (χ2n) is 3.93. The third-order valence-electron chi connectivity index (χ3n) is 2.68. The highest BCUT2D eigenvalue weighted by Gasteiger charge is 2.11. The van der Waals surface area contributed by atoms with E-state index in [-0.39, 0.29) is 0 Å². The Kier molecular flexibility index (Phi) is 3.53. The van der Waals surface area contributed by atoms with Gasteiger partial charge >= 0.3 is 0 Å². The number of fused-ring (bicyclic) bond motifs is 1. The van der Waals surface area contributed by atoms with Crippen LogP contribution in [0.2, 0.25) is 0 Å². The smallest absolute Gasteiger partial charge is 0.164 e. The van der Waals surface area contributed by atoms with Crippen LogP contribution in [0.25, 0.3) is 11.2 Å². The first-order valence-corrected chi connectivity index (χ1v) is 6.20. The Morgan fingerprint density at radius 1 is 1.56 bits per heavy atom. The molecule has 2 aromatic rings. The van der Waals surface area contributed by atoms with E-state index in [4.69, 9.17) is 5.73 Å². The van der Waals surface area contributed by atoms with E-state index >= 15 is 0 Å². The van der Waals surface area contributed by atoms with Gasteiger partial charge in [-0.1, -0.05) is 0 Å². The molecule has 2 aromatic heterocycles. The van der Waals surface area contributed by atoms with Gasteiger partial charge in [0.25, 0.3) is 0 Å². The molecule has 0 saturated carbocycles. The number of halogens is 1. The molecule has 0 spiro atoms. The molecule has 96 valence electrons. The van der Waals surface area contributed by atoms with Crippen LogP contribution in [0.5, 0.6) is 0 Å². The van der Waals surface area contributed by atoms with E-state index in [1.807, 2.05) is 32.2 Å². The number of nitrogens with two attached hydrogens (primary N) is 1. The van der Waals surface area contributed by atoms with Gasteiger partial charge < -0.3 is 10.7 Å². The lowest BCUT2D eigenvalue weighted by Crippen LogP contribution is -2.25. The van der Waals surface area contributed by atoms with Crippen LogP contribution in [0, 0.1) is 0 Å². The summed E-state index contributed by atoms with van der Waals surface area (Å²) in [5.74, 6) is 0.543. The van der Waals surface area contributed by atoms with E-state index in [0.717, 1.165) is 21.3 Å². The summed E-state index contributed by atoms with van der Waals surface area (Å²) in [5.41, 5.74) is 11.7. The number of anilines is 1. The van der Waals surface area contributed by atoms with E-state index in [1.165, 1.54) is 0 Å². The highest BCUT2D eigenvalue weighted by atomic mass is 79.9. The van der Waals surface area contributed by atoms with Crippen molar-refractivity contribution in [3.05, 3.63) is 28.6 Å². The van der Waals surface area contributed by atoms with Crippen molar-refractivity contribution in [2.45, 2.75) is 6.92 Å². The molecule has 0 atom stereocenters. The molecule has 0 unspecified atom stereocenters. The van der Waals surface area contributed by atoms with Crippen molar-refractivity contribution in [2.75, 3.05) is 19.8 Å². The summed E-state index contributed by atoms with van der Waals surface area (Å²) in [6.45, 7) is 2.00. The maximum absolute atomic E-state index is 5.93. The first-order valence-electron chi connectivity index (χ1n) is 5.41. The Morgan fingerprint density at radius 2 is 2.28 bits per heavy atom. The first-order chi connectivity index (χ1) is 8.54. The van der Waals surface area contributed by atoms with Crippen molar-refractivity contribution >= 4 is 33.0 Å². The molecule has 3 N–H and O–H groups in total. The van der Waals surface area contributed by atoms with E-state index in [1.54, 1.807) is 16.9 Å². The van der Waals surface area contributed by atoms with Crippen molar-refractivity contribution in [2.24, 2.45) is 0 Å². The third-order valence-corrected chi connectivity index (χ3v) is 3.29. The van der Waals surface area contributed by atoms with Crippen LogP contribution in [0.4, 0.5) is 5.82 Å². The molecular formula is C11H15BrN6. The fourth-order valence-corrected chi connectivity index (χ4v) is 1.90. The predicted molar refractivity (Wildman–Crippen MR) is 75.6 cm³/mol. The molecule has 0 saturated heterocycles. The van der Waals surface area contributed by atoms with Crippen LogP contribution in [-0.2, 0) is 0 Å². The summed E-state index contributed by atoms with van der Waals surface area (Å²) in [7, 11) is 3.78. The van der Waals surface area contributed by atoms with Gasteiger partial charge in [0.05, 0.1) is 10.7 Å². The number of nitrogen functional groups attached to an aromatic ring is 1. The number of hydrazine groups is 1. The van der Waals surface area contributed by atoms with Gasteiger partial charge in [-0.2, -0.15) is 9.61 Å². The van der Waals surface area contributed by atoms with Crippen molar-refractivity contribution < 1.29 is 0 Å². The standard InChI is InChI=1S/C11H15BrN6/c1-7(6-17(3)14-2)8-4-16-18-10(13)9(12)5-15-11(8)18/h4-6,14H,13H2,1-3H3/b7-6+. The van der Waals surface area contributed by atoms with Crippen molar-refractivity contribution in [3.63, 3.8) is 0 Å². The first kappa shape index (κ1) is 12.8. The number of hydrogen-bond donors (Lipinski definition) is 2. The molecule has 2 heterocycles. The van der Waals surface area contributed by atoms with Crippen LogP contribution in [0.3, 0.4) is 0 Å². The fraction of sp³-hybridized carbons (Fsp3) is 0.273. The lowest BCUT2D eigenvalue weighted by molar-refractivity contribution is 0.366. The van der Waals surface area contributed by atoms with Crippen LogP contribution in [0.1, 0.15) is 12.5 Å². The van der Waals surface area contributed by atoms with E-state index in [2.05, 4.69) is 31.4 Å². The van der Waals surface area contributed by atoms with Crippen molar-refractivity contribution in [3.8, 4) is 0 Å². The van der Waals surface area contributed by atoms with E-state index < -0.39 is 0 Å². The molecule has 0 aliphatic heterocycles. The number of nitrogens with zero attached hydrogens (tertiary/aromatic N) is 4. The number of hydrogen-bond acceptors (Lipinski definition) is 5. The molecule has 0 radical (unpaired) electrons. The quantitative estimate of drug-likeness (QED) is 0.841. The minimum Gasteiger partial charge on any atom is -0.383 e. The SMILES string of the molecule is CNN(C)/C=C(\C)c1cnn2c(N)c(Br)cnc12. The van der Waals surface area contributed by atoms with Crippen molar-refractivity contribution in [1.82, 2.24) is 25.0 Å². The highest BCUT2D eigenvalue weighted by Crippen LogP contribution is 2.24.